The van der Waals surface area contributed by atoms with Crippen molar-refractivity contribution in [1.29, 1.82) is 5.26 Å². The minimum atomic E-state index is -1.14. The smallest absolute Gasteiger partial charge is 0.346 e. The Kier molecular flexibility index (Phi) is 5.30. The molecule has 1 saturated heterocycles. The van der Waals surface area contributed by atoms with Crippen molar-refractivity contribution in [1.82, 2.24) is 0 Å². The molecule has 0 aliphatic carbocycles. The molecule has 3 nitrogen and oxygen atoms in total. The van der Waals surface area contributed by atoms with E-state index in [1.165, 1.54) is 4.91 Å². The number of rotatable bonds is 4. The van der Waals surface area contributed by atoms with Gasteiger partial charge in [-0.15, -0.1) is 36.2 Å². The van der Waals surface area contributed by atoms with Crippen molar-refractivity contribution in [2.75, 3.05) is 0 Å². The number of allylic oxidation sites excluding steroid dienone is 1. The predicted molar refractivity (Wildman–Crippen MR) is 87.9 cm³/mol. The quantitative estimate of drug-likeness (QED) is 0.470. The van der Waals surface area contributed by atoms with Crippen molar-refractivity contribution in [3.05, 3.63) is 33.6 Å². The second-order valence-electron chi connectivity index (χ2n) is 4.56. The summed E-state index contributed by atoms with van der Waals surface area (Å²) in [7, 11) is 0. The average Bonchev–Trinajstić information content (AvgIpc) is 2.93. The van der Waals surface area contributed by atoms with E-state index in [0.717, 1.165) is 17.7 Å². The number of thioether (sulfide) groups is 2. The summed E-state index contributed by atoms with van der Waals surface area (Å²) in [6, 6.07) is 1.74. The van der Waals surface area contributed by atoms with Crippen LogP contribution in [-0.2, 0) is 4.79 Å². The zero-order valence-electron chi connectivity index (χ0n) is 10.9. The molecule has 0 aromatic heterocycles. The maximum Gasteiger partial charge on any atom is 0.346 e. The molecule has 0 amide bonds. The SMILES string of the molecule is CC/C=C(\S)C1=CC2S[C@H](/C=C(\C#N)C(=O)O)CC2S1. The van der Waals surface area contributed by atoms with Gasteiger partial charge in [0, 0.05) is 25.6 Å². The molecule has 0 aromatic carbocycles. The van der Waals surface area contributed by atoms with E-state index >= 15 is 0 Å². The van der Waals surface area contributed by atoms with Gasteiger partial charge in [0.15, 0.2) is 0 Å². The van der Waals surface area contributed by atoms with Crippen LogP contribution in [0.25, 0.3) is 0 Å². The van der Waals surface area contributed by atoms with Crippen LogP contribution in [0, 0.1) is 11.3 Å². The number of nitriles is 1. The third kappa shape index (κ3) is 3.46. The van der Waals surface area contributed by atoms with Crippen LogP contribution in [0.5, 0.6) is 0 Å². The summed E-state index contributed by atoms with van der Waals surface area (Å²) >= 11 is 8.04. The standard InChI is InChI=1S/C14H15NO2S3/c1-2-3-10(18)11-6-13-12(20-11)5-9(19-13)4-8(7-15)14(16)17/h3-4,6,9,12-13,18H,2,5H2,1H3,(H,16,17)/b8-4+,10-3-/t9-,12?,13?/m1/s1. The Morgan fingerprint density at radius 3 is 3.00 bits per heavy atom. The van der Waals surface area contributed by atoms with E-state index in [9.17, 15) is 4.79 Å². The van der Waals surface area contributed by atoms with Gasteiger partial charge in [-0.1, -0.05) is 19.1 Å². The first kappa shape index (κ1) is 15.6. The number of fused-ring (bicyclic) bond motifs is 1. The number of carbonyl (C=O) groups is 1. The number of hydrogen-bond acceptors (Lipinski definition) is 5. The van der Waals surface area contributed by atoms with Crippen LogP contribution in [0.1, 0.15) is 19.8 Å². The maximum absolute atomic E-state index is 10.8. The van der Waals surface area contributed by atoms with Gasteiger partial charge >= 0.3 is 5.97 Å². The Hall–Kier alpha value is -0.770. The fourth-order valence-corrected chi connectivity index (χ4v) is 5.90. The molecule has 106 valence electrons. The van der Waals surface area contributed by atoms with E-state index in [1.54, 1.807) is 23.9 Å². The highest BCUT2D eigenvalue weighted by atomic mass is 32.2. The summed E-state index contributed by atoms with van der Waals surface area (Å²) < 4.78 is 0. The van der Waals surface area contributed by atoms with Crippen LogP contribution < -0.4 is 0 Å². The van der Waals surface area contributed by atoms with Gasteiger partial charge in [-0.05, 0) is 18.9 Å². The summed E-state index contributed by atoms with van der Waals surface area (Å²) in [6.45, 7) is 2.09. The number of nitrogens with zero attached hydrogens (tertiary/aromatic N) is 1. The van der Waals surface area contributed by atoms with Crippen molar-refractivity contribution in [2.24, 2.45) is 0 Å². The molecule has 2 heterocycles. The van der Waals surface area contributed by atoms with Gasteiger partial charge in [-0.3, -0.25) is 0 Å². The Bertz CT molecular complexity index is 545. The van der Waals surface area contributed by atoms with Crippen LogP contribution in [0.15, 0.2) is 33.6 Å². The summed E-state index contributed by atoms with van der Waals surface area (Å²) in [6.07, 6.45) is 7.77. The third-order valence-corrected chi connectivity index (χ3v) is 6.71. The zero-order valence-corrected chi connectivity index (χ0v) is 13.5. The van der Waals surface area contributed by atoms with Gasteiger partial charge in [0.25, 0.3) is 0 Å². The summed E-state index contributed by atoms with van der Waals surface area (Å²) in [5.41, 5.74) is -0.155. The topological polar surface area (TPSA) is 61.1 Å². The largest absolute Gasteiger partial charge is 0.477 e. The number of carboxylic acid groups (broad SMARTS) is 1. The highest BCUT2D eigenvalue weighted by Crippen LogP contribution is 2.51. The first-order valence-electron chi connectivity index (χ1n) is 6.33. The highest BCUT2D eigenvalue weighted by molar-refractivity contribution is 8.08. The second-order valence-corrected chi connectivity index (χ2v) is 7.74. The molecular weight excluding hydrogens is 310 g/mol. The molecule has 0 bridgehead atoms. The molecule has 2 rings (SSSR count). The Balaban J connectivity index is 2.05. The highest BCUT2D eigenvalue weighted by Gasteiger charge is 2.38. The molecule has 6 heteroatoms. The van der Waals surface area contributed by atoms with Crippen LogP contribution >= 0.6 is 36.2 Å². The van der Waals surface area contributed by atoms with Crippen LogP contribution in [0.2, 0.25) is 0 Å². The van der Waals surface area contributed by atoms with Gasteiger partial charge in [0.05, 0.1) is 0 Å². The lowest BCUT2D eigenvalue weighted by molar-refractivity contribution is -0.132. The fraction of sp³-hybridized carbons (Fsp3) is 0.429. The maximum atomic E-state index is 10.8. The van der Waals surface area contributed by atoms with E-state index in [4.69, 9.17) is 10.4 Å². The van der Waals surface area contributed by atoms with Gasteiger partial charge in [-0.2, -0.15) is 5.26 Å². The second kappa shape index (κ2) is 6.79. The molecule has 0 aromatic rings. The Labute approximate surface area is 132 Å². The van der Waals surface area contributed by atoms with E-state index in [-0.39, 0.29) is 10.8 Å². The van der Waals surface area contributed by atoms with Crippen molar-refractivity contribution in [3.8, 4) is 6.07 Å². The lowest BCUT2D eigenvalue weighted by atomic mass is 10.1. The Morgan fingerprint density at radius 1 is 1.70 bits per heavy atom. The summed E-state index contributed by atoms with van der Waals surface area (Å²) in [4.78, 5) is 13.1. The van der Waals surface area contributed by atoms with E-state index in [0.29, 0.717) is 10.5 Å². The van der Waals surface area contributed by atoms with Crippen LogP contribution in [-0.4, -0.2) is 26.8 Å². The van der Waals surface area contributed by atoms with Gasteiger partial charge in [0.1, 0.15) is 11.6 Å². The summed E-state index contributed by atoms with van der Waals surface area (Å²) in [5, 5.41) is 18.6. The predicted octanol–water partition coefficient (Wildman–Crippen LogP) is 3.62. The summed E-state index contributed by atoms with van der Waals surface area (Å²) in [5.74, 6) is -1.14. The molecule has 2 aliphatic heterocycles. The normalized spacial score (nSPS) is 29.9. The van der Waals surface area contributed by atoms with Crippen molar-refractivity contribution < 1.29 is 9.90 Å². The van der Waals surface area contributed by atoms with E-state index < -0.39 is 5.97 Å². The lowest BCUT2D eigenvalue weighted by Gasteiger charge is -2.07. The fourth-order valence-electron chi connectivity index (χ4n) is 2.21. The minimum absolute atomic E-state index is 0.111. The molecule has 1 fully saturated rings. The van der Waals surface area contributed by atoms with Crippen LogP contribution in [0.4, 0.5) is 0 Å². The molecule has 1 N–H and O–H groups in total. The molecule has 0 radical (unpaired) electrons. The molecule has 20 heavy (non-hydrogen) atoms. The van der Waals surface area contributed by atoms with Gasteiger partial charge < -0.3 is 5.11 Å². The first-order valence-corrected chi connectivity index (χ1v) is 8.60. The molecule has 3 atom stereocenters. The van der Waals surface area contributed by atoms with Crippen molar-refractivity contribution in [2.45, 2.75) is 35.5 Å². The number of aliphatic carboxylic acids is 1. The monoisotopic (exact) mass is 325 g/mol. The number of hydrogen-bond donors (Lipinski definition) is 2. The molecular formula is C14H15NO2S3. The molecule has 0 saturated carbocycles. The number of thiol groups is 1. The molecule has 0 spiro atoms. The first-order chi connectivity index (χ1) is 9.55. The van der Waals surface area contributed by atoms with E-state index in [2.05, 4.69) is 31.7 Å². The third-order valence-electron chi connectivity index (χ3n) is 3.11. The van der Waals surface area contributed by atoms with Crippen molar-refractivity contribution in [3.63, 3.8) is 0 Å². The molecule has 2 aliphatic rings. The molecule has 2 unspecified atom stereocenters. The zero-order chi connectivity index (χ0) is 14.7. The van der Waals surface area contributed by atoms with E-state index in [1.807, 2.05) is 11.8 Å². The van der Waals surface area contributed by atoms with Crippen molar-refractivity contribution >= 4 is 42.1 Å². The van der Waals surface area contributed by atoms with Gasteiger partial charge in [-0.25, -0.2) is 4.79 Å². The number of carboxylic acids is 1. The average molecular weight is 325 g/mol. The lowest BCUT2D eigenvalue weighted by Crippen LogP contribution is -2.06. The minimum Gasteiger partial charge on any atom is -0.477 e. The Morgan fingerprint density at radius 2 is 2.45 bits per heavy atom. The van der Waals surface area contributed by atoms with Crippen LogP contribution in [0.3, 0.4) is 0 Å². The van der Waals surface area contributed by atoms with Gasteiger partial charge in [0.2, 0.25) is 0 Å².